The van der Waals surface area contributed by atoms with Crippen LogP contribution >= 0.6 is 11.8 Å². The molecule has 392 valence electrons. The largest absolute Gasteiger partial charge is 0.378 e. The Morgan fingerprint density at radius 1 is 0.726 bits per heavy atom. The monoisotopic (exact) mass is 1030 g/mol. The number of likely N-dealkylation sites (tertiary alicyclic amines) is 1. The first kappa shape index (κ1) is 54.7. The number of nitrogens with one attached hydrogen (secondary N) is 2. The maximum absolute atomic E-state index is 13.3. The van der Waals surface area contributed by atoms with E-state index in [1.54, 1.807) is 36.7 Å². The zero-order valence-electron chi connectivity index (χ0n) is 41.4. The van der Waals surface area contributed by atoms with Crippen LogP contribution in [0.25, 0.3) is 6.08 Å². The Hall–Kier alpha value is -6.03. The number of thioether (sulfide) groups is 1. The van der Waals surface area contributed by atoms with Gasteiger partial charge in [-0.1, -0.05) is 25.0 Å². The first-order valence-electron chi connectivity index (χ1n) is 25.3. The van der Waals surface area contributed by atoms with Crippen LogP contribution in [0.2, 0.25) is 0 Å². The normalized spacial score (nSPS) is 17.4. The van der Waals surface area contributed by atoms with E-state index in [1.807, 2.05) is 46.2 Å². The molecule has 0 spiro atoms. The third-order valence-corrected chi connectivity index (χ3v) is 14.1. The highest BCUT2D eigenvalue weighted by molar-refractivity contribution is 7.99. The van der Waals surface area contributed by atoms with Gasteiger partial charge in [0.2, 0.25) is 23.6 Å². The van der Waals surface area contributed by atoms with Crippen molar-refractivity contribution in [2.45, 2.75) is 55.9 Å². The minimum Gasteiger partial charge on any atom is -0.378 e. The number of carbonyl (C=O) groups is 7. The van der Waals surface area contributed by atoms with Gasteiger partial charge in [0.25, 0.3) is 17.7 Å². The highest BCUT2D eigenvalue weighted by Gasteiger charge is 2.45. The third kappa shape index (κ3) is 16.5. The van der Waals surface area contributed by atoms with Crippen LogP contribution in [0.15, 0.2) is 78.0 Å². The van der Waals surface area contributed by atoms with E-state index in [-0.39, 0.29) is 48.3 Å². The van der Waals surface area contributed by atoms with Gasteiger partial charge in [0, 0.05) is 92.6 Å². The van der Waals surface area contributed by atoms with Crippen LogP contribution < -0.4 is 15.5 Å². The lowest BCUT2D eigenvalue weighted by molar-refractivity contribution is -0.137. The van der Waals surface area contributed by atoms with E-state index in [0.29, 0.717) is 114 Å². The summed E-state index contributed by atoms with van der Waals surface area (Å²) in [6, 6.07) is 15.6. The molecule has 7 rings (SSSR count). The van der Waals surface area contributed by atoms with Crippen molar-refractivity contribution in [1.82, 2.24) is 30.3 Å². The van der Waals surface area contributed by atoms with Crippen molar-refractivity contribution in [3.63, 3.8) is 0 Å². The number of piperazine rings is 1. The predicted octanol–water partition coefficient (Wildman–Crippen LogP) is 3.86. The second kappa shape index (κ2) is 29.0. The minimum atomic E-state index is -1.01. The maximum atomic E-state index is 13.3. The number of amides is 7. The fourth-order valence-electron chi connectivity index (χ4n) is 9.06. The van der Waals surface area contributed by atoms with E-state index in [0.717, 1.165) is 61.3 Å². The standard InChI is InChI=1S/C53H67N7O12S/c61-46(15-9-40-6-4-19-54-37-40)55-20-2-1-5-39-17-21-59(22-18-39)51(65)41-10-12-42(13-11-41)57-23-25-58(26-24-57)48(63)38-72-34-33-70-30-29-68-27-28-69-31-32-71-35-36-73-45-8-3-7-43-49(45)53(67)60(52(43)66)44-14-16-47(62)56-50(44)64/h3-4,6-13,15,19,37,39,44H,1-2,5,14,16-18,20-36,38H2,(H,55,61)(H,56,62,64)/b15-9+. The molecule has 2 N–H and O–H groups in total. The molecule has 1 aromatic heterocycles. The van der Waals surface area contributed by atoms with E-state index in [9.17, 15) is 33.6 Å². The van der Waals surface area contributed by atoms with E-state index in [4.69, 9.17) is 23.7 Å². The van der Waals surface area contributed by atoms with Gasteiger partial charge >= 0.3 is 0 Å². The van der Waals surface area contributed by atoms with E-state index in [1.165, 1.54) is 17.8 Å². The number of anilines is 1. The number of hydrogen-bond donors (Lipinski definition) is 2. The number of ether oxygens (including phenoxy) is 5. The van der Waals surface area contributed by atoms with Crippen LogP contribution in [0.3, 0.4) is 0 Å². The fourth-order valence-corrected chi connectivity index (χ4v) is 9.99. The molecule has 0 radical (unpaired) electrons. The Balaban J connectivity index is 0.640. The van der Waals surface area contributed by atoms with Crippen molar-refractivity contribution in [1.29, 1.82) is 0 Å². The number of pyridine rings is 1. The molecule has 0 bridgehead atoms. The Labute approximate surface area is 430 Å². The van der Waals surface area contributed by atoms with Crippen molar-refractivity contribution in [2.75, 3.05) is 123 Å². The van der Waals surface area contributed by atoms with Gasteiger partial charge in [-0.3, -0.25) is 48.8 Å². The molecule has 2 aromatic carbocycles. The molecule has 1 unspecified atom stereocenters. The summed E-state index contributed by atoms with van der Waals surface area (Å²) >= 11 is 1.39. The summed E-state index contributed by atoms with van der Waals surface area (Å²) in [6.07, 6.45) is 11.9. The van der Waals surface area contributed by atoms with Crippen molar-refractivity contribution in [3.8, 4) is 0 Å². The van der Waals surface area contributed by atoms with Gasteiger partial charge in [-0.2, -0.15) is 0 Å². The molecule has 20 heteroatoms. The molecule has 5 heterocycles. The van der Waals surface area contributed by atoms with Crippen molar-refractivity contribution in [2.24, 2.45) is 5.92 Å². The van der Waals surface area contributed by atoms with Crippen molar-refractivity contribution < 1.29 is 57.2 Å². The number of piperidine rings is 2. The number of nitrogens with zero attached hydrogens (tertiary/aromatic N) is 5. The van der Waals surface area contributed by atoms with Gasteiger partial charge < -0.3 is 43.7 Å². The molecular formula is C53H67N7O12S. The number of rotatable bonds is 28. The van der Waals surface area contributed by atoms with Crippen LogP contribution in [0.1, 0.15) is 81.6 Å². The first-order valence-corrected chi connectivity index (χ1v) is 26.3. The summed E-state index contributed by atoms with van der Waals surface area (Å²) in [5, 5.41) is 5.16. The first-order chi connectivity index (χ1) is 35.7. The Morgan fingerprint density at radius 2 is 1.41 bits per heavy atom. The Morgan fingerprint density at radius 3 is 2.08 bits per heavy atom. The number of imide groups is 2. The molecule has 7 amide bonds. The van der Waals surface area contributed by atoms with Gasteiger partial charge in [-0.25, -0.2) is 0 Å². The Kier molecular flexibility index (Phi) is 21.8. The van der Waals surface area contributed by atoms with Gasteiger partial charge in [0.05, 0.1) is 70.6 Å². The molecule has 1 atom stereocenters. The molecule has 3 saturated heterocycles. The van der Waals surface area contributed by atoms with Crippen LogP contribution in [-0.4, -0.2) is 185 Å². The minimum absolute atomic E-state index is 0.00904. The van der Waals surface area contributed by atoms with Crippen molar-refractivity contribution in [3.05, 3.63) is 95.3 Å². The predicted molar refractivity (Wildman–Crippen MR) is 272 cm³/mol. The summed E-state index contributed by atoms with van der Waals surface area (Å²) in [5.74, 6) is -1.09. The van der Waals surface area contributed by atoms with E-state index < -0.39 is 29.7 Å². The van der Waals surface area contributed by atoms with Crippen molar-refractivity contribution >= 4 is 64.9 Å². The van der Waals surface area contributed by atoms with Crippen LogP contribution in [0, 0.1) is 5.92 Å². The molecule has 4 aliphatic heterocycles. The van der Waals surface area contributed by atoms with E-state index >= 15 is 0 Å². The number of unbranched alkanes of at least 4 members (excludes halogenated alkanes) is 1. The second-order valence-electron chi connectivity index (χ2n) is 18.0. The lowest BCUT2D eigenvalue weighted by Gasteiger charge is -2.36. The van der Waals surface area contributed by atoms with Crippen LogP contribution in [-0.2, 0) is 42.9 Å². The molecule has 73 heavy (non-hydrogen) atoms. The molecule has 4 aliphatic rings. The fraction of sp³-hybridized carbons (Fsp3) is 0.509. The summed E-state index contributed by atoms with van der Waals surface area (Å²) < 4.78 is 28.0. The maximum Gasteiger partial charge on any atom is 0.263 e. The van der Waals surface area contributed by atoms with Gasteiger partial charge in [0.15, 0.2) is 0 Å². The summed E-state index contributed by atoms with van der Waals surface area (Å²) in [6.45, 7) is 8.03. The zero-order chi connectivity index (χ0) is 51.2. The quantitative estimate of drug-likeness (QED) is 0.0457. The number of benzene rings is 2. The second-order valence-corrected chi connectivity index (χ2v) is 19.2. The average molecular weight is 1030 g/mol. The number of aromatic nitrogens is 1. The topological polar surface area (TPSA) is 216 Å². The summed E-state index contributed by atoms with van der Waals surface area (Å²) in [4.78, 5) is 100. The molecule has 0 saturated carbocycles. The SMILES string of the molecule is O=C(/C=C/c1cccnc1)NCCCCC1CCN(C(=O)c2ccc(N3CCN(C(=O)COCCOCCOCCOCCOCCSc4cccc5c4C(=O)N(C4CCC(=O)NC4=O)C5=O)CC3)cc2)CC1. The average Bonchev–Trinajstić information content (AvgIpc) is 3.67. The lowest BCUT2D eigenvalue weighted by Crippen LogP contribution is -2.54. The van der Waals surface area contributed by atoms with Gasteiger partial charge in [-0.05, 0) is 85.7 Å². The number of hydrogen-bond acceptors (Lipinski definition) is 15. The number of carbonyl (C=O) groups excluding carboxylic acids is 7. The summed E-state index contributed by atoms with van der Waals surface area (Å²) in [7, 11) is 0. The molecule has 3 aromatic rings. The highest BCUT2D eigenvalue weighted by atomic mass is 32.2. The number of fused-ring (bicyclic) bond motifs is 1. The highest BCUT2D eigenvalue weighted by Crippen LogP contribution is 2.34. The molecular weight excluding hydrogens is 959 g/mol. The van der Waals surface area contributed by atoms with Crippen LogP contribution in [0.4, 0.5) is 5.69 Å². The van der Waals surface area contributed by atoms with Crippen LogP contribution in [0.5, 0.6) is 0 Å². The molecule has 0 aliphatic carbocycles. The molecule has 19 nitrogen and oxygen atoms in total. The summed E-state index contributed by atoms with van der Waals surface area (Å²) in [5.41, 5.74) is 3.13. The van der Waals surface area contributed by atoms with E-state index in [2.05, 4.69) is 20.5 Å². The van der Waals surface area contributed by atoms with Gasteiger partial charge in [0.1, 0.15) is 12.6 Å². The smallest absolute Gasteiger partial charge is 0.263 e. The molecule has 3 fully saturated rings. The van der Waals surface area contributed by atoms with Gasteiger partial charge in [-0.15, -0.1) is 11.8 Å². The third-order valence-electron chi connectivity index (χ3n) is 13.1. The Bertz CT molecular complexity index is 2360. The zero-order valence-corrected chi connectivity index (χ0v) is 42.2. The lowest BCUT2D eigenvalue weighted by atomic mass is 9.91.